The van der Waals surface area contributed by atoms with Crippen LogP contribution in [0.2, 0.25) is 0 Å². The first kappa shape index (κ1) is 14.0. The summed E-state index contributed by atoms with van der Waals surface area (Å²) in [6, 6.07) is 8.18. The van der Waals surface area contributed by atoms with E-state index >= 15 is 0 Å². The van der Waals surface area contributed by atoms with E-state index in [9.17, 15) is 10.2 Å². The van der Waals surface area contributed by atoms with Crippen molar-refractivity contribution in [3.05, 3.63) is 47.5 Å². The fraction of sp³-hybridized carbons (Fsp3) is 0.400. The van der Waals surface area contributed by atoms with Gasteiger partial charge in [-0.2, -0.15) is 0 Å². The molecule has 2 N–H and O–H groups in total. The third-order valence-electron chi connectivity index (χ3n) is 5.85. The number of nitrogens with zero attached hydrogens (tertiary/aromatic N) is 2. The molecule has 5 rings (SSSR count). The maximum Gasteiger partial charge on any atom is 0.202 e. The molecule has 0 spiro atoms. The van der Waals surface area contributed by atoms with E-state index in [1.807, 2.05) is 12.1 Å². The summed E-state index contributed by atoms with van der Waals surface area (Å²) in [5.74, 6) is 0.907. The van der Waals surface area contributed by atoms with Crippen LogP contribution < -0.4 is 4.90 Å². The van der Waals surface area contributed by atoms with E-state index in [2.05, 4.69) is 29.2 Å². The van der Waals surface area contributed by atoms with Crippen LogP contribution in [0.1, 0.15) is 48.6 Å². The monoisotopic (exact) mass is 322 g/mol. The highest BCUT2D eigenvalue weighted by Crippen LogP contribution is 2.57. The standard InChI is InChI=1S/C20H22N2O2/c23-19-17-13-4-5-14(12-13)18(17)20(24)22(19)16-8-6-15(7-9-16)21-10-2-1-3-11-21/h4-9,13-14,23-24H,1-3,10-12H2/t13-,14+. The Bertz CT molecular complexity index is 778. The normalized spacial score (nSPS) is 24.6. The number of allylic oxidation sites excluding steroid dienone is 2. The lowest BCUT2D eigenvalue weighted by Crippen LogP contribution is -2.29. The fourth-order valence-electron chi connectivity index (χ4n) is 4.65. The van der Waals surface area contributed by atoms with Crippen molar-refractivity contribution in [2.24, 2.45) is 0 Å². The van der Waals surface area contributed by atoms with Crippen LogP contribution >= 0.6 is 0 Å². The Morgan fingerprint density at radius 3 is 1.88 bits per heavy atom. The van der Waals surface area contributed by atoms with Gasteiger partial charge in [-0.1, -0.05) is 12.2 Å². The zero-order valence-electron chi connectivity index (χ0n) is 13.7. The lowest BCUT2D eigenvalue weighted by Gasteiger charge is -2.29. The van der Waals surface area contributed by atoms with Gasteiger partial charge in [0.1, 0.15) is 0 Å². The molecule has 0 unspecified atom stereocenters. The molecule has 4 heteroatoms. The molecule has 2 aliphatic carbocycles. The van der Waals surface area contributed by atoms with Gasteiger partial charge in [-0.15, -0.1) is 0 Å². The number of benzene rings is 1. The number of hydrogen-bond donors (Lipinski definition) is 2. The van der Waals surface area contributed by atoms with E-state index in [-0.39, 0.29) is 23.6 Å². The van der Waals surface area contributed by atoms with E-state index in [0.29, 0.717) is 0 Å². The molecule has 1 aliphatic heterocycles. The Balaban J connectivity index is 1.51. The molecule has 2 heterocycles. The minimum absolute atomic E-state index is 0.199. The molecule has 2 atom stereocenters. The molecule has 1 aromatic heterocycles. The predicted octanol–water partition coefficient (Wildman–Crippen LogP) is 4.02. The van der Waals surface area contributed by atoms with Crippen molar-refractivity contribution >= 4 is 5.69 Å². The van der Waals surface area contributed by atoms with Crippen LogP contribution in [-0.4, -0.2) is 27.9 Å². The summed E-state index contributed by atoms with van der Waals surface area (Å²) in [7, 11) is 0. The van der Waals surface area contributed by atoms with Crippen LogP contribution in [0, 0.1) is 0 Å². The average molecular weight is 322 g/mol. The summed E-state index contributed by atoms with van der Waals surface area (Å²) in [6.45, 7) is 2.23. The summed E-state index contributed by atoms with van der Waals surface area (Å²) in [5, 5.41) is 21.4. The predicted molar refractivity (Wildman–Crippen MR) is 94.4 cm³/mol. The van der Waals surface area contributed by atoms with Gasteiger partial charge in [0.05, 0.1) is 5.69 Å². The van der Waals surface area contributed by atoms with Crippen molar-refractivity contribution in [2.75, 3.05) is 18.0 Å². The molecule has 2 bridgehead atoms. The second kappa shape index (κ2) is 5.07. The Morgan fingerprint density at radius 2 is 1.29 bits per heavy atom. The lowest BCUT2D eigenvalue weighted by molar-refractivity contribution is 0.395. The van der Waals surface area contributed by atoms with Gasteiger partial charge < -0.3 is 15.1 Å². The number of rotatable bonds is 2. The van der Waals surface area contributed by atoms with Gasteiger partial charge in [0.25, 0.3) is 0 Å². The molecule has 4 nitrogen and oxygen atoms in total. The first-order valence-electron chi connectivity index (χ1n) is 8.94. The second-order valence-corrected chi connectivity index (χ2v) is 7.21. The highest BCUT2D eigenvalue weighted by Gasteiger charge is 2.41. The topological polar surface area (TPSA) is 48.6 Å². The summed E-state index contributed by atoms with van der Waals surface area (Å²) < 4.78 is 1.59. The van der Waals surface area contributed by atoms with Gasteiger partial charge in [0.15, 0.2) is 0 Å². The zero-order valence-corrected chi connectivity index (χ0v) is 13.7. The van der Waals surface area contributed by atoms with Gasteiger partial charge in [-0.3, -0.25) is 4.57 Å². The number of aromatic hydroxyl groups is 2. The molecule has 1 aromatic carbocycles. The molecule has 124 valence electrons. The Hall–Kier alpha value is -2.36. The van der Waals surface area contributed by atoms with Crippen LogP contribution in [0.25, 0.3) is 5.69 Å². The van der Waals surface area contributed by atoms with Crippen molar-refractivity contribution < 1.29 is 10.2 Å². The highest BCUT2D eigenvalue weighted by atomic mass is 16.3. The lowest BCUT2D eigenvalue weighted by atomic mass is 10.0. The van der Waals surface area contributed by atoms with Gasteiger partial charge >= 0.3 is 0 Å². The number of fused-ring (bicyclic) bond motifs is 5. The smallest absolute Gasteiger partial charge is 0.202 e. The van der Waals surface area contributed by atoms with Crippen LogP contribution in [0.5, 0.6) is 11.8 Å². The van der Waals surface area contributed by atoms with Crippen LogP contribution in [0.15, 0.2) is 36.4 Å². The largest absolute Gasteiger partial charge is 0.494 e. The van der Waals surface area contributed by atoms with Gasteiger partial charge in [-0.05, 0) is 49.9 Å². The maximum absolute atomic E-state index is 10.7. The quantitative estimate of drug-likeness (QED) is 0.821. The number of anilines is 1. The molecule has 0 saturated carbocycles. The van der Waals surface area contributed by atoms with E-state index in [1.54, 1.807) is 4.57 Å². The van der Waals surface area contributed by atoms with Crippen molar-refractivity contribution in [3.63, 3.8) is 0 Å². The summed E-state index contributed by atoms with van der Waals surface area (Å²) in [5.41, 5.74) is 3.87. The minimum Gasteiger partial charge on any atom is -0.494 e. The fourth-order valence-corrected chi connectivity index (χ4v) is 4.65. The molecular formula is C20H22N2O2. The van der Waals surface area contributed by atoms with Crippen LogP contribution in [0.4, 0.5) is 5.69 Å². The number of piperidine rings is 1. The number of aromatic nitrogens is 1. The first-order chi connectivity index (χ1) is 11.7. The Morgan fingerprint density at radius 1 is 0.750 bits per heavy atom. The van der Waals surface area contributed by atoms with Crippen LogP contribution in [-0.2, 0) is 0 Å². The van der Waals surface area contributed by atoms with E-state index in [4.69, 9.17) is 0 Å². The molecule has 24 heavy (non-hydrogen) atoms. The average Bonchev–Trinajstić information content (AvgIpc) is 3.30. The minimum atomic E-state index is 0.199. The number of hydrogen-bond acceptors (Lipinski definition) is 3. The molecule has 2 aromatic rings. The summed E-state index contributed by atoms with van der Waals surface area (Å²) in [6.07, 6.45) is 9.11. The van der Waals surface area contributed by atoms with E-state index < -0.39 is 0 Å². The third-order valence-corrected chi connectivity index (χ3v) is 5.85. The van der Waals surface area contributed by atoms with E-state index in [1.165, 1.54) is 24.9 Å². The molecule has 0 amide bonds. The third kappa shape index (κ3) is 1.86. The highest BCUT2D eigenvalue weighted by molar-refractivity contribution is 5.63. The Labute approximate surface area is 141 Å². The Kier molecular flexibility index (Phi) is 2.96. The maximum atomic E-state index is 10.7. The zero-order chi connectivity index (χ0) is 16.3. The van der Waals surface area contributed by atoms with Crippen molar-refractivity contribution in [1.82, 2.24) is 4.57 Å². The second-order valence-electron chi connectivity index (χ2n) is 7.21. The molecule has 0 radical (unpaired) electrons. The molecule has 1 saturated heterocycles. The summed E-state index contributed by atoms with van der Waals surface area (Å²) >= 11 is 0. The molecule has 1 fully saturated rings. The molecule has 3 aliphatic rings. The van der Waals surface area contributed by atoms with Crippen molar-refractivity contribution in [2.45, 2.75) is 37.5 Å². The van der Waals surface area contributed by atoms with Crippen molar-refractivity contribution in [1.29, 1.82) is 0 Å². The molecular weight excluding hydrogens is 300 g/mol. The van der Waals surface area contributed by atoms with Crippen molar-refractivity contribution in [3.8, 4) is 17.4 Å². The SMILES string of the molecule is Oc1c2c(c(O)n1-c1ccc(N3CCCCC3)cc1)[C@H]1C=C[C@@H]2C1. The van der Waals surface area contributed by atoms with Gasteiger partial charge in [0, 0.05) is 41.7 Å². The van der Waals surface area contributed by atoms with Crippen LogP contribution in [0.3, 0.4) is 0 Å². The first-order valence-corrected chi connectivity index (χ1v) is 8.94. The summed E-state index contributed by atoms with van der Waals surface area (Å²) in [4.78, 5) is 2.41. The van der Waals surface area contributed by atoms with Gasteiger partial charge in [-0.25, -0.2) is 0 Å². The van der Waals surface area contributed by atoms with Gasteiger partial charge in [0.2, 0.25) is 11.8 Å². The van der Waals surface area contributed by atoms with E-state index in [0.717, 1.165) is 36.3 Å².